The third kappa shape index (κ3) is 3.14. The summed E-state index contributed by atoms with van der Waals surface area (Å²) in [7, 11) is 0. The van der Waals surface area contributed by atoms with E-state index in [4.69, 9.17) is 16.3 Å². The van der Waals surface area contributed by atoms with E-state index < -0.39 is 0 Å². The lowest BCUT2D eigenvalue weighted by Gasteiger charge is -2.23. The first-order chi connectivity index (χ1) is 6.79. The van der Waals surface area contributed by atoms with Crippen molar-refractivity contribution in [2.75, 3.05) is 25.6 Å². The van der Waals surface area contributed by atoms with E-state index in [-0.39, 0.29) is 12.0 Å². The van der Waals surface area contributed by atoms with E-state index in [1.807, 2.05) is 11.8 Å². The van der Waals surface area contributed by atoms with Crippen molar-refractivity contribution in [3.63, 3.8) is 0 Å². The van der Waals surface area contributed by atoms with Crippen molar-refractivity contribution in [1.29, 1.82) is 0 Å². The van der Waals surface area contributed by atoms with Crippen molar-refractivity contribution in [2.45, 2.75) is 32.3 Å². The number of ether oxygens (including phenoxy) is 1. The van der Waals surface area contributed by atoms with Gasteiger partial charge in [-0.3, -0.25) is 4.79 Å². The van der Waals surface area contributed by atoms with Gasteiger partial charge in [-0.2, -0.15) is 0 Å². The fraction of sp³-hybridized carbons (Fsp3) is 0.900. The molecule has 1 atom stereocenters. The van der Waals surface area contributed by atoms with Crippen LogP contribution in [0.4, 0.5) is 0 Å². The number of hydrogen-bond acceptors (Lipinski definition) is 2. The molecule has 0 radical (unpaired) electrons. The van der Waals surface area contributed by atoms with Crippen molar-refractivity contribution in [2.24, 2.45) is 0 Å². The van der Waals surface area contributed by atoms with Crippen molar-refractivity contribution < 1.29 is 9.53 Å². The Morgan fingerprint density at radius 1 is 1.64 bits per heavy atom. The Labute approximate surface area is 90.4 Å². The highest BCUT2D eigenvalue weighted by atomic mass is 35.5. The summed E-state index contributed by atoms with van der Waals surface area (Å²) in [6, 6.07) is 0. The second-order valence-electron chi connectivity index (χ2n) is 3.46. The van der Waals surface area contributed by atoms with E-state index in [1.165, 1.54) is 0 Å². The minimum absolute atomic E-state index is 0.134. The number of carbonyl (C=O) groups excluding carboxylic acids is 1. The lowest BCUT2D eigenvalue weighted by atomic mass is 10.2. The summed E-state index contributed by atoms with van der Waals surface area (Å²) >= 11 is 5.60. The molecular formula is C10H18ClNO2. The summed E-state index contributed by atoms with van der Waals surface area (Å²) in [6.45, 7) is 4.21. The maximum Gasteiger partial charge on any atom is 0.251 e. The first kappa shape index (κ1) is 11.8. The molecule has 14 heavy (non-hydrogen) atoms. The van der Waals surface area contributed by atoms with E-state index >= 15 is 0 Å². The first-order valence-electron chi connectivity index (χ1n) is 5.26. The zero-order valence-corrected chi connectivity index (χ0v) is 9.42. The third-order valence-corrected chi connectivity index (χ3v) is 2.73. The molecule has 1 aliphatic heterocycles. The van der Waals surface area contributed by atoms with Crippen LogP contribution >= 0.6 is 11.6 Å². The Balaban J connectivity index is 2.37. The van der Waals surface area contributed by atoms with Gasteiger partial charge in [-0.05, 0) is 26.2 Å². The lowest BCUT2D eigenvalue weighted by Crippen LogP contribution is -2.39. The van der Waals surface area contributed by atoms with Gasteiger partial charge in [0.25, 0.3) is 5.91 Å². The van der Waals surface area contributed by atoms with Gasteiger partial charge in [-0.25, -0.2) is 0 Å². The molecule has 0 spiro atoms. The number of carbonyl (C=O) groups is 1. The highest BCUT2D eigenvalue weighted by Crippen LogP contribution is 2.14. The Morgan fingerprint density at radius 3 is 2.93 bits per heavy atom. The third-order valence-electron chi connectivity index (χ3n) is 2.46. The van der Waals surface area contributed by atoms with Gasteiger partial charge >= 0.3 is 0 Å². The molecule has 1 amide bonds. The molecule has 0 saturated carbocycles. The number of halogens is 1. The summed E-state index contributed by atoms with van der Waals surface area (Å²) in [5.74, 6) is 0.741. The lowest BCUT2D eigenvalue weighted by molar-refractivity contribution is -0.140. The van der Waals surface area contributed by atoms with E-state index in [1.54, 1.807) is 0 Å². The molecule has 1 saturated heterocycles. The Morgan fingerprint density at radius 2 is 2.43 bits per heavy atom. The topological polar surface area (TPSA) is 29.5 Å². The fourth-order valence-electron chi connectivity index (χ4n) is 1.65. The maximum absolute atomic E-state index is 11.8. The zero-order valence-electron chi connectivity index (χ0n) is 8.67. The molecule has 1 fully saturated rings. The summed E-state index contributed by atoms with van der Waals surface area (Å²) in [5, 5.41) is 0. The molecule has 1 rings (SSSR count). The molecule has 3 nitrogen and oxygen atoms in total. The van der Waals surface area contributed by atoms with Crippen LogP contribution in [0.2, 0.25) is 0 Å². The van der Waals surface area contributed by atoms with Gasteiger partial charge in [0, 0.05) is 25.6 Å². The highest BCUT2D eigenvalue weighted by molar-refractivity contribution is 6.17. The van der Waals surface area contributed by atoms with Gasteiger partial charge in [0.1, 0.15) is 6.10 Å². The normalized spacial score (nSPS) is 21.1. The molecule has 1 aliphatic rings. The fourth-order valence-corrected chi connectivity index (χ4v) is 1.77. The van der Waals surface area contributed by atoms with Gasteiger partial charge in [-0.1, -0.05) is 0 Å². The molecule has 1 heterocycles. The van der Waals surface area contributed by atoms with Crippen LogP contribution in [0.3, 0.4) is 0 Å². The zero-order chi connectivity index (χ0) is 10.4. The number of hydrogen-bond donors (Lipinski definition) is 0. The summed E-state index contributed by atoms with van der Waals surface area (Å²) in [6.07, 6.45) is 2.54. The van der Waals surface area contributed by atoms with Crippen molar-refractivity contribution >= 4 is 17.5 Å². The standard InChI is InChI=1S/C10H18ClNO2/c1-2-12(7-4-6-11)10(13)9-5-3-8-14-9/h9H,2-8H2,1H3. The highest BCUT2D eigenvalue weighted by Gasteiger charge is 2.26. The minimum Gasteiger partial charge on any atom is -0.368 e. The van der Waals surface area contributed by atoms with Gasteiger partial charge in [0.15, 0.2) is 0 Å². The predicted octanol–water partition coefficient (Wildman–Crippen LogP) is 1.64. The average molecular weight is 220 g/mol. The molecular weight excluding hydrogens is 202 g/mol. The largest absolute Gasteiger partial charge is 0.368 e. The monoisotopic (exact) mass is 219 g/mol. The second-order valence-corrected chi connectivity index (χ2v) is 3.84. The molecule has 0 N–H and O–H groups in total. The smallest absolute Gasteiger partial charge is 0.251 e. The van der Waals surface area contributed by atoms with Crippen LogP contribution in [0.5, 0.6) is 0 Å². The van der Waals surface area contributed by atoms with Crippen LogP contribution in [-0.2, 0) is 9.53 Å². The Kier molecular flexibility index (Phi) is 5.26. The van der Waals surface area contributed by atoms with Crippen LogP contribution in [0.25, 0.3) is 0 Å². The van der Waals surface area contributed by atoms with Gasteiger partial charge in [-0.15, -0.1) is 11.6 Å². The summed E-state index contributed by atoms with van der Waals surface area (Å²) in [4.78, 5) is 13.7. The van der Waals surface area contributed by atoms with Crippen molar-refractivity contribution in [1.82, 2.24) is 4.90 Å². The van der Waals surface area contributed by atoms with Crippen LogP contribution in [0.1, 0.15) is 26.2 Å². The van der Waals surface area contributed by atoms with E-state index in [2.05, 4.69) is 0 Å². The average Bonchev–Trinajstić information content (AvgIpc) is 2.71. The van der Waals surface area contributed by atoms with E-state index in [0.717, 1.165) is 39.0 Å². The van der Waals surface area contributed by atoms with Crippen LogP contribution in [-0.4, -0.2) is 42.5 Å². The number of alkyl halides is 1. The number of rotatable bonds is 5. The van der Waals surface area contributed by atoms with Crippen molar-refractivity contribution in [3.05, 3.63) is 0 Å². The molecule has 0 aromatic heterocycles. The Hall–Kier alpha value is -0.280. The number of likely N-dealkylation sites (N-methyl/N-ethyl adjacent to an activating group) is 1. The van der Waals surface area contributed by atoms with Gasteiger partial charge in [0.05, 0.1) is 0 Å². The predicted molar refractivity (Wildman–Crippen MR) is 56.6 cm³/mol. The van der Waals surface area contributed by atoms with Crippen LogP contribution in [0.15, 0.2) is 0 Å². The number of nitrogens with zero attached hydrogens (tertiary/aromatic N) is 1. The van der Waals surface area contributed by atoms with E-state index in [9.17, 15) is 4.79 Å². The maximum atomic E-state index is 11.8. The summed E-state index contributed by atoms with van der Waals surface area (Å²) < 4.78 is 5.35. The molecule has 0 aromatic rings. The number of amides is 1. The van der Waals surface area contributed by atoms with Gasteiger partial charge < -0.3 is 9.64 Å². The molecule has 4 heteroatoms. The van der Waals surface area contributed by atoms with Crippen LogP contribution in [0, 0.1) is 0 Å². The van der Waals surface area contributed by atoms with E-state index in [0.29, 0.717) is 5.88 Å². The second kappa shape index (κ2) is 6.25. The first-order valence-corrected chi connectivity index (χ1v) is 5.79. The Bertz CT molecular complexity index is 181. The molecule has 0 aliphatic carbocycles. The van der Waals surface area contributed by atoms with Gasteiger partial charge in [0.2, 0.25) is 0 Å². The molecule has 0 bridgehead atoms. The molecule has 82 valence electrons. The quantitative estimate of drug-likeness (QED) is 0.658. The molecule has 1 unspecified atom stereocenters. The SMILES string of the molecule is CCN(CCCCl)C(=O)C1CCCO1. The van der Waals surface area contributed by atoms with Crippen molar-refractivity contribution in [3.8, 4) is 0 Å². The van der Waals surface area contributed by atoms with Crippen LogP contribution < -0.4 is 0 Å². The molecule has 0 aromatic carbocycles. The summed E-state index contributed by atoms with van der Waals surface area (Å²) in [5.41, 5.74) is 0. The minimum atomic E-state index is -0.190.